The molecule has 2 aromatic heterocycles. The number of hydrogen-bond acceptors (Lipinski definition) is 7. The molecule has 1 N–H and O–H groups in total. The number of carbonyl (C=O) groups is 1. The molecule has 1 atom stereocenters. The van der Waals surface area contributed by atoms with Crippen LogP contribution in [0.15, 0.2) is 41.2 Å². The number of carbonyl (C=O) groups excluding carboxylic acids is 1. The Kier molecular flexibility index (Phi) is 6.11. The summed E-state index contributed by atoms with van der Waals surface area (Å²) in [5.74, 6) is 0.880. The molecule has 3 aromatic rings. The van der Waals surface area contributed by atoms with Crippen molar-refractivity contribution >= 4 is 28.5 Å². The molecule has 0 radical (unpaired) electrons. The second-order valence-corrected chi connectivity index (χ2v) is 7.83. The van der Waals surface area contributed by atoms with Crippen molar-refractivity contribution in [2.45, 2.75) is 26.2 Å². The molecule has 8 nitrogen and oxygen atoms in total. The molecule has 8 heteroatoms. The number of para-hydroxylation sites is 1. The fourth-order valence-corrected chi connectivity index (χ4v) is 4.01. The lowest BCUT2D eigenvalue weighted by molar-refractivity contribution is -0.125. The first-order valence-electron chi connectivity index (χ1n) is 10.5. The second kappa shape index (κ2) is 9.11. The van der Waals surface area contributed by atoms with E-state index in [1.54, 1.807) is 0 Å². The summed E-state index contributed by atoms with van der Waals surface area (Å²) < 4.78 is 5.26. The molecular formula is C22H28N6O2. The number of piperidine rings is 1. The van der Waals surface area contributed by atoms with Crippen LogP contribution in [0.1, 0.15) is 25.0 Å². The number of nitrogens with one attached hydrogen (secondary N) is 1. The number of aryl methyl sites for hydroxylation is 1. The topological polar surface area (TPSA) is 87.4 Å². The van der Waals surface area contributed by atoms with Crippen LogP contribution in [0.2, 0.25) is 0 Å². The van der Waals surface area contributed by atoms with Gasteiger partial charge in [-0.05, 0) is 38.3 Å². The molecule has 1 saturated heterocycles. The van der Waals surface area contributed by atoms with Gasteiger partial charge in [-0.1, -0.05) is 23.4 Å². The van der Waals surface area contributed by atoms with Crippen molar-refractivity contribution in [1.29, 1.82) is 0 Å². The summed E-state index contributed by atoms with van der Waals surface area (Å²) in [5, 5.41) is 7.96. The highest BCUT2D eigenvalue weighted by Crippen LogP contribution is 2.29. The molecule has 0 bridgehead atoms. The minimum Gasteiger partial charge on any atom is -0.375 e. The monoisotopic (exact) mass is 408 g/mol. The zero-order valence-corrected chi connectivity index (χ0v) is 17.5. The Morgan fingerprint density at radius 2 is 2.13 bits per heavy atom. The Balaban J connectivity index is 1.30. The maximum Gasteiger partial charge on any atom is 0.263 e. The number of benzene rings is 1. The van der Waals surface area contributed by atoms with Gasteiger partial charge in [0.1, 0.15) is 17.5 Å². The fourth-order valence-electron chi connectivity index (χ4n) is 4.01. The Hall–Kier alpha value is -3.16. The third-order valence-corrected chi connectivity index (χ3v) is 5.68. The average Bonchev–Trinajstić information content (AvgIpc) is 3.18. The zero-order chi connectivity index (χ0) is 20.9. The van der Waals surface area contributed by atoms with E-state index in [0.29, 0.717) is 18.8 Å². The van der Waals surface area contributed by atoms with Crippen molar-refractivity contribution in [1.82, 2.24) is 20.4 Å². The van der Waals surface area contributed by atoms with Crippen LogP contribution in [-0.2, 0) is 4.79 Å². The Bertz CT molecular complexity index is 990. The summed E-state index contributed by atoms with van der Waals surface area (Å²) in [6, 6.07) is 10.3. The van der Waals surface area contributed by atoms with E-state index in [4.69, 9.17) is 4.52 Å². The standard InChI is InChI=1S/C22H28N6O2/c1-16-19-20(24-15-25-22(19)30-26-16)28-13-6-8-17(14-28)21(29)23-11-7-12-27(2)18-9-4-3-5-10-18/h3-5,9-10,15,17H,6-8,11-14H2,1-2H3,(H,23,29)/t17-/m1/s1. The van der Waals surface area contributed by atoms with Crippen LogP contribution >= 0.6 is 0 Å². The molecule has 1 aromatic carbocycles. The molecule has 30 heavy (non-hydrogen) atoms. The summed E-state index contributed by atoms with van der Waals surface area (Å²) in [7, 11) is 2.07. The van der Waals surface area contributed by atoms with E-state index in [-0.39, 0.29) is 11.8 Å². The molecule has 0 unspecified atom stereocenters. The first-order valence-corrected chi connectivity index (χ1v) is 10.5. The van der Waals surface area contributed by atoms with Crippen molar-refractivity contribution in [3.63, 3.8) is 0 Å². The molecule has 0 spiro atoms. The summed E-state index contributed by atoms with van der Waals surface area (Å²) in [4.78, 5) is 25.7. The van der Waals surface area contributed by atoms with Crippen LogP contribution < -0.4 is 15.1 Å². The number of anilines is 2. The third-order valence-electron chi connectivity index (χ3n) is 5.68. The van der Waals surface area contributed by atoms with E-state index in [1.165, 1.54) is 12.0 Å². The summed E-state index contributed by atoms with van der Waals surface area (Å²) >= 11 is 0. The normalized spacial score (nSPS) is 16.6. The molecule has 1 aliphatic heterocycles. The number of rotatable bonds is 7. The Labute approximate surface area is 176 Å². The smallest absolute Gasteiger partial charge is 0.263 e. The zero-order valence-electron chi connectivity index (χ0n) is 17.5. The summed E-state index contributed by atoms with van der Waals surface area (Å²) in [5.41, 5.74) is 2.45. The largest absolute Gasteiger partial charge is 0.375 e. The van der Waals surface area contributed by atoms with Crippen LogP contribution in [0.25, 0.3) is 11.1 Å². The predicted octanol–water partition coefficient (Wildman–Crippen LogP) is 2.79. The van der Waals surface area contributed by atoms with Gasteiger partial charge in [0.2, 0.25) is 5.91 Å². The molecule has 4 rings (SSSR count). The van der Waals surface area contributed by atoms with E-state index in [1.807, 2.05) is 25.1 Å². The first kappa shape index (κ1) is 20.1. The van der Waals surface area contributed by atoms with Gasteiger partial charge < -0.3 is 19.6 Å². The molecule has 1 aliphatic rings. The molecular weight excluding hydrogens is 380 g/mol. The van der Waals surface area contributed by atoms with E-state index >= 15 is 0 Å². The van der Waals surface area contributed by atoms with Crippen LogP contribution in [0, 0.1) is 12.8 Å². The summed E-state index contributed by atoms with van der Waals surface area (Å²) in [6.45, 7) is 4.97. The average molecular weight is 409 g/mol. The maximum atomic E-state index is 12.8. The van der Waals surface area contributed by atoms with E-state index in [9.17, 15) is 4.79 Å². The number of nitrogens with zero attached hydrogens (tertiary/aromatic N) is 5. The van der Waals surface area contributed by atoms with Gasteiger partial charge >= 0.3 is 0 Å². The quantitative estimate of drug-likeness (QED) is 0.602. The Morgan fingerprint density at radius 1 is 1.30 bits per heavy atom. The van der Waals surface area contributed by atoms with Crippen molar-refractivity contribution in [2.24, 2.45) is 5.92 Å². The van der Waals surface area contributed by atoms with Gasteiger partial charge in [0.05, 0.1) is 11.6 Å². The van der Waals surface area contributed by atoms with Gasteiger partial charge in [-0.25, -0.2) is 4.98 Å². The van der Waals surface area contributed by atoms with Crippen molar-refractivity contribution in [3.05, 3.63) is 42.4 Å². The SMILES string of the molecule is Cc1noc2ncnc(N3CCC[C@@H](C(=O)NCCCN(C)c4ccccc4)C3)c12. The number of aromatic nitrogens is 3. The van der Waals surface area contributed by atoms with Gasteiger partial charge in [0, 0.05) is 38.9 Å². The van der Waals surface area contributed by atoms with Crippen molar-refractivity contribution < 1.29 is 9.32 Å². The minimum atomic E-state index is -0.0456. The van der Waals surface area contributed by atoms with E-state index in [2.05, 4.69) is 49.4 Å². The van der Waals surface area contributed by atoms with Gasteiger partial charge in [0.25, 0.3) is 5.71 Å². The third kappa shape index (κ3) is 4.37. The number of hydrogen-bond donors (Lipinski definition) is 1. The highest BCUT2D eigenvalue weighted by atomic mass is 16.5. The Morgan fingerprint density at radius 3 is 2.97 bits per heavy atom. The minimum absolute atomic E-state index is 0.0456. The number of fused-ring (bicyclic) bond motifs is 1. The van der Waals surface area contributed by atoms with Gasteiger partial charge in [-0.15, -0.1) is 0 Å². The lowest BCUT2D eigenvalue weighted by Crippen LogP contribution is -2.44. The van der Waals surface area contributed by atoms with Crippen LogP contribution in [0.3, 0.4) is 0 Å². The van der Waals surface area contributed by atoms with Gasteiger partial charge in [-0.2, -0.15) is 4.98 Å². The van der Waals surface area contributed by atoms with E-state index in [0.717, 1.165) is 49.2 Å². The van der Waals surface area contributed by atoms with Crippen LogP contribution in [-0.4, -0.2) is 54.3 Å². The molecule has 1 amide bonds. The highest BCUT2D eigenvalue weighted by molar-refractivity contribution is 5.88. The highest BCUT2D eigenvalue weighted by Gasteiger charge is 2.28. The summed E-state index contributed by atoms with van der Waals surface area (Å²) in [6.07, 6.45) is 4.24. The van der Waals surface area contributed by atoms with Crippen LogP contribution in [0.4, 0.5) is 11.5 Å². The molecule has 158 valence electrons. The lowest BCUT2D eigenvalue weighted by atomic mass is 9.97. The molecule has 0 aliphatic carbocycles. The van der Waals surface area contributed by atoms with Gasteiger partial charge in [-0.3, -0.25) is 4.79 Å². The van der Waals surface area contributed by atoms with Gasteiger partial charge in [0.15, 0.2) is 0 Å². The van der Waals surface area contributed by atoms with Crippen molar-refractivity contribution in [3.8, 4) is 0 Å². The van der Waals surface area contributed by atoms with E-state index < -0.39 is 0 Å². The first-order chi connectivity index (χ1) is 14.6. The fraction of sp³-hybridized carbons (Fsp3) is 0.455. The molecule has 3 heterocycles. The second-order valence-electron chi connectivity index (χ2n) is 7.83. The number of amides is 1. The maximum absolute atomic E-state index is 12.8. The van der Waals surface area contributed by atoms with Crippen LogP contribution in [0.5, 0.6) is 0 Å². The lowest BCUT2D eigenvalue weighted by Gasteiger charge is -2.33. The van der Waals surface area contributed by atoms with Crippen molar-refractivity contribution in [2.75, 3.05) is 43.0 Å². The molecule has 0 saturated carbocycles. The molecule has 1 fully saturated rings. The predicted molar refractivity (Wildman–Crippen MR) is 117 cm³/mol.